The Labute approximate surface area is 170 Å². The zero-order valence-corrected chi connectivity index (χ0v) is 16.7. The van der Waals surface area contributed by atoms with Gasteiger partial charge in [0.15, 0.2) is 0 Å². The second-order valence-electron chi connectivity index (χ2n) is 7.38. The predicted molar refractivity (Wildman–Crippen MR) is 114 cm³/mol. The van der Waals surface area contributed by atoms with Crippen molar-refractivity contribution in [2.45, 2.75) is 26.3 Å². The van der Waals surface area contributed by atoms with Crippen molar-refractivity contribution >= 4 is 34.1 Å². The normalized spacial score (nSPS) is 16.4. The first-order valence-corrected chi connectivity index (χ1v) is 9.93. The molecule has 1 fully saturated rings. The number of aryl methyl sites for hydroxylation is 1. The van der Waals surface area contributed by atoms with Gasteiger partial charge in [-0.25, -0.2) is 0 Å². The SMILES string of the molecule is CCCn1ccc2ccc(NC(=O)[C@H]3CC(=O)N(c4ccc(OC)cc4)C3)cc21. The van der Waals surface area contributed by atoms with Gasteiger partial charge in [-0.05, 0) is 54.3 Å². The van der Waals surface area contributed by atoms with Gasteiger partial charge in [0, 0.05) is 37.1 Å². The molecule has 150 valence electrons. The Kier molecular flexibility index (Phi) is 5.25. The zero-order chi connectivity index (χ0) is 20.4. The maximum atomic E-state index is 12.8. The third-order valence-electron chi connectivity index (χ3n) is 5.39. The summed E-state index contributed by atoms with van der Waals surface area (Å²) in [7, 11) is 1.60. The predicted octanol–water partition coefficient (Wildman–Crippen LogP) is 4.05. The Balaban J connectivity index is 1.46. The van der Waals surface area contributed by atoms with Gasteiger partial charge in [-0.1, -0.05) is 13.0 Å². The number of hydrogen-bond acceptors (Lipinski definition) is 3. The maximum absolute atomic E-state index is 12.8. The number of carbonyl (C=O) groups is 2. The molecule has 29 heavy (non-hydrogen) atoms. The number of nitrogens with one attached hydrogen (secondary N) is 1. The van der Waals surface area contributed by atoms with Crippen LogP contribution < -0.4 is 15.0 Å². The van der Waals surface area contributed by atoms with Crippen molar-refractivity contribution in [1.82, 2.24) is 4.57 Å². The lowest BCUT2D eigenvalue weighted by atomic mass is 10.1. The van der Waals surface area contributed by atoms with E-state index in [1.54, 1.807) is 12.0 Å². The van der Waals surface area contributed by atoms with Crippen molar-refractivity contribution < 1.29 is 14.3 Å². The smallest absolute Gasteiger partial charge is 0.229 e. The van der Waals surface area contributed by atoms with Crippen LogP contribution in [0.5, 0.6) is 5.75 Å². The average Bonchev–Trinajstić information content (AvgIpc) is 3.32. The van der Waals surface area contributed by atoms with Crippen molar-refractivity contribution in [1.29, 1.82) is 0 Å². The highest BCUT2D eigenvalue weighted by atomic mass is 16.5. The number of rotatable bonds is 6. The third-order valence-corrected chi connectivity index (χ3v) is 5.39. The number of nitrogens with zero attached hydrogens (tertiary/aromatic N) is 2. The van der Waals surface area contributed by atoms with Crippen molar-refractivity contribution in [3.05, 3.63) is 54.7 Å². The van der Waals surface area contributed by atoms with E-state index in [4.69, 9.17) is 4.74 Å². The van der Waals surface area contributed by atoms with E-state index >= 15 is 0 Å². The van der Waals surface area contributed by atoms with E-state index < -0.39 is 0 Å². The fraction of sp³-hybridized carbons (Fsp3) is 0.304. The second kappa shape index (κ2) is 7.99. The lowest BCUT2D eigenvalue weighted by Crippen LogP contribution is -2.28. The van der Waals surface area contributed by atoms with E-state index in [2.05, 4.69) is 29.1 Å². The molecule has 1 aliphatic rings. The van der Waals surface area contributed by atoms with Crippen molar-refractivity contribution in [2.24, 2.45) is 5.92 Å². The molecule has 6 nitrogen and oxygen atoms in total. The lowest BCUT2D eigenvalue weighted by molar-refractivity contribution is -0.122. The molecule has 2 amide bonds. The van der Waals surface area contributed by atoms with Gasteiger partial charge < -0.3 is 19.5 Å². The molecule has 0 bridgehead atoms. The summed E-state index contributed by atoms with van der Waals surface area (Å²) < 4.78 is 7.35. The number of benzene rings is 2. The van der Waals surface area contributed by atoms with E-state index in [1.807, 2.05) is 42.5 Å². The maximum Gasteiger partial charge on any atom is 0.229 e. The number of methoxy groups -OCH3 is 1. The number of carbonyl (C=O) groups excluding carboxylic acids is 2. The topological polar surface area (TPSA) is 63.6 Å². The molecular formula is C23H25N3O3. The molecule has 3 aromatic rings. The monoisotopic (exact) mass is 391 g/mol. The fourth-order valence-electron chi connectivity index (χ4n) is 3.84. The molecule has 2 aromatic carbocycles. The molecule has 0 saturated carbocycles. The van der Waals surface area contributed by atoms with Gasteiger partial charge in [-0.3, -0.25) is 9.59 Å². The van der Waals surface area contributed by atoms with Crippen LogP contribution in [0.1, 0.15) is 19.8 Å². The molecule has 1 aliphatic heterocycles. The quantitative estimate of drug-likeness (QED) is 0.689. The molecule has 1 aromatic heterocycles. The Morgan fingerprint density at radius 1 is 1.17 bits per heavy atom. The Morgan fingerprint density at radius 3 is 2.69 bits per heavy atom. The van der Waals surface area contributed by atoms with E-state index in [1.165, 1.54) is 0 Å². The summed E-state index contributed by atoms with van der Waals surface area (Å²) in [5.41, 5.74) is 2.64. The van der Waals surface area contributed by atoms with Crippen molar-refractivity contribution in [2.75, 3.05) is 23.9 Å². The van der Waals surface area contributed by atoms with Crippen molar-refractivity contribution in [3.63, 3.8) is 0 Å². The summed E-state index contributed by atoms with van der Waals surface area (Å²) in [5, 5.41) is 4.15. The summed E-state index contributed by atoms with van der Waals surface area (Å²) in [6.45, 7) is 3.46. The third kappa shape index (κ3) is 3.83. The minimum absolute atomic E-state index is 0.0393. The molecule has 2 heterocycles. The first kappa shape index (κ1) is 19.1. The van der Waals surface area contributed by atoms with E-state index in [0.29, 0.717) is 6.54 Å². The van der Waals surface area contributed by atoms with Crippen LogP contribution in [0, 0.1) is 5.92 Å². The molecule has 1 saturated heterocycles. The van der Waals surface area contributed by atoms with Crippen LogP contribution in [0.25, 0.3) is 10.9 Å². The average molecular weight is 391 g/mol. The molecule has 0 unspecified atom stereocenters. The van der Waals surface area contributed by atoms with Crippen LogP contribution in [-0.4, -0.2) is 30.0 Å². The molecule has 4 rings (SSSR count). The number of amides is 2. The zero-order valence-electron chi connectivity index (χ0n) is 16.7. The lowest BCUT2D eigenvalue weighted by Gasteiger charge is -2.17. The van der Waals surface area contributed by atoms with Crippen LogP contribution in [0.4, 0.5) is 11.4 Å². The summed E-state index contributed by atoms with van der Waals surface area (Å²) in [6.07, 6.45) is 3.33. The minimum Gasteiger partial charge on any atom is -0.497 e. The van der Waals surface area contributed by atoms with Gasteiger partial charge in [0.25, 0.3) is 0 Å². The van der Waals surface area contributed by atoms with E-state index in [9.17, 15) is 9.59 Å². The Morgan fingerprint density at radius 2 is 1.97 bits per heavy atom. The second-order valence-corrected chi connectivity index (χ2v) is 7.38. The van der Waals surface area contributed by atoms with Gasteiger partial charge in [0.05, 0.1) is 18.5 Å². The van der Waals surface area contributed by atoms with Crippen LogP contribution in [-0.2, 0) is 16.1 Å². The number of ether oxygens (including phenoxy) is 1. The standard InChI is InChI=1S/C23H25N3O3/c1-3-11-25-12-10-16-4-5-18(14-21(16)25)24-23(28)17-13-22(27)26(15-17)19-6-8-20(29-2)9-7-19/h4-10,12,14,17H,3,11,13,15H2,1-2H3,(H,24,28)/t17-/m0/s1. The first-order chi connectivity index (χ1) is 14.1. The van der Waals surface area contributed by atoms with Gasteiger partial charge >= 0.3 is 0 Å². The summed E-state index contributed by atoms with van der Waals surface area (Å²) in [5.74, 6) is 0.200. The highest BCUT2D eigenvalue weighted by Crippen LogP contribution is 2.28. The molecule has 1 N–H and O–H groups in total. The van der Waals surface area contributed by atoms with Crippen LogP contribution in [0.15, 0.2) is 54.7 Å². The van der Waals surface area contributed by atoms with Gasteiger partial charge in [-0.2, -0.15) is 0 Å². The molecule has 1 atom stereocenters. The largest absolute Gasteiger partial charge is 0.497 e. The highest BCUT2D eigenvalue weighted by Gasteiger charge is 2.35. The first-order valence-electron chi connectivity index (χ1n) is 9.93. The molecule has 6 heteroatoms. The summed E-state index contributed by atoms with van der Waals surface area (Å²) in [4.78, 5) is 26.9. The molecular weight excluding hydrogens is 366 g/mol. The Hall–Kier alpha value is -3.28. The fourth-order valence-corrected chi connectivity index (χ4v) is 3.84. The molecule has 0 radical (unpaired) electrons. The van der Waals surface area contributed by atoms with E-state index in [-0.39, 0.29) is 24.2 Å². The van der Waals surface area contributed by atoms with Crippen molar-refractivity contribution in [3.8, 4) is 5.75 Å². The van der Waals surface area contributed by atoms with E-state index in [0.717, 1.165) is 41.0 Å². The molecule has 0 aliphatic carbocycles. The summed E-state index contributed by atoms with van der Waals surface area (Å²) >= 11 is 0. The number of anilines is 2. The summed E-state index contributed by atoms with van der Waals surface area (Å²) in [6, 6.07) is 15.3. The number of hydrogen-bond donors (Lipinski definition) is 1. The van der Waals surface area contributed by atoms with Crippen LogP contribution in [0.2, 0.25) is 0 Å². The van der Waals surface area contributed by atoms with Crippen LogP contribution >= 0.6 is 0 Å². The van der Waals surface area contributed by atoms with Gasteiger partial charge in [0.2, 0.25) is 11.8 Å². The minimum atomic E-state index is -0.372. The van der Waals surface area contributed by atoms with Gasteiger partial charge in [-0.15, -0.1) is 0 Å². The van der Waals surface area contributed by atoms with Crippen LogP contribution in [0.3, 0.4) is 0 Å². The van der Waals surface area contributed by atoms with Gasteiger partial charge in [0.1, 0.15) is 5.75 Å². The Bertz CT molecular complexity index is 1040. The molecule has 0 spiro atoms. The number of fused-ring (bicyclic) bond motifs is 1. The highest BCUT2D eigenvalue weighted by molar-refractivity contribution is 6.04. The number of aromatic nitrogens is 1.